The van der Waals surface area contributed by atoms with Crippen molar-refractivity contribution in [1.29, 1.82) is 0 Å². The number of nitrogen functional groups attached to an aromatic ring is 1. The molecule has 0 aliphatic heterocycles. The van der Waals surface area contributed by atoms with Gasteiger partial charge in [0.25, 0.3) is 0 Å². The second kappa shape index (κ2) is 3.14. The van der Waals surface area contributed by atoms with Crippen molar-refractivity contribution in [2.45, 2.75) is 0 Å². The van der Waals surface area contributed by atoms with E-state index in [4.69, 9.17) is 5.73 Å². The molecule has 2 aromatic rings. The summed E-state index contributed by atoms with van der Waals surface area (Å²) in [6, 6.07) is 5.41. The monoisotopic (exact) mass is 199 g/mol. The fourth-order valence-corrected chi connectivity index (χ4v) is 1.34. The van der Waals surface area contributed by atoms with Gasteiger partial charge in [0.15, 0.2) is 0 Å². The molecule has 70 valence electrons. The molecule has 0 aliphatic rings. The molecule has 0 unspecified atom stereocenters. The van der Waals surface area contributed by atoms with Crippen LogP contribution in [-0.4, -0.2) is 9.55 Å². The highest BCUT2D eigenvalue weighted by Gasteiger charge is 2.04. The van der Waals surface area contributed by atoms with Crippen molar-refractivity contribution in [3.63, 3.8) is 0 Å². The minimum Gasteiger partial charge on any atom is -0.397 e. The molecule has 0 saturated carbocycles. The van der Waals surface area contributed by atoms with Crippen LogP contribution in [0.5, 0.6) is 0 Å². The molecule has 0 radical (unpaired) electrons. The molecule has 13 heavy (non-hydrogen) atoms. The van der Waals surface area contributed by atoms with E-state index < -0.39 is 0 Å². The molecule has 1 aromatic heterocycles. The van der Waals surface area contributed by atoms with E-state index in [1.54, 1.807) is 13.1 Å². The number of H-pyrrole nitrogens is 1. The van der Waals surface area contributed by atoms with E-state index in [1.807, 2.05) is 12.1 Å². The number of imidazole rings is 1. The summed E-state index contributed by atoms with van der Waals surface area (Å²) in [6.07, 6.45) is 0. The molecule has 0 fully saturated rings. The Balaban J connectivity index is 0.000000845. The van der Waals surface area contributed by atoms with Crippen LogP contribution in [-0.2, 0) is 7.05 Å². The largest absolute Gasteiger partial charge is 0.397 e. The van der Waals surface area contributed by atoms with Crippen molar-refractivity contribution in [1.82, 2.24) is 9.55 Å². The topological polar surface area (TPSA) is 63.8 Å². The van der Waals surface area contributed by atoms with Crippen LogP contribution in [0.4, 0.5) is 5.69 Å². The van der Waals surface area contributed by atoms with Gasteiger partial charge in [-0.3, -0.25) is 4.57 Å². The van der Waals surface area contributed by atoms with E-state index >= 15 is 0 Å². The molecular weight excluding hydrogens is 190 g/mol. The van der Waals surface area contributed by atoms with Gasteiger partial charge in [-0.15, -0.1) is 12.4 Å². The Morgan fingerprint density at radius 3 is 2.77 bits per heavy atom. The van der Waals surface area contributed by atoms with Crippen molar-refractivity contribution in [2.75, 3.05) is 5.73 Å². The normalized spacial score (nSPS) is 9.92. The van der Waals surface area contributed by atoms with Gasteiger partial charge in [-0.1, -0.05) is 6.07 Å². The standard InChI is InChI=1S/C8H9N3O.ClH/c1-11-7-5(9)3-2-4-6(7)10-8(11)12;/h2-4H,9H2,1H3,(H,10,12);1H. The second-order valence-electron chi connectivity index (χ2n) is 2.73. The maximum absolute atomic E-state index is 11.1. The van der Waals surface area contributed by atoms with Gasteiger partial charge in [0.05, 0.1) is 16.7 Å². The molecule has 1 heterocycles. The van der Waals surface area contributed by atoms with Gasteiger partial charge >= 0.3 is 5.69 Å². The van der Waals surface area contributed by atoms with E-state index in [9.17, 15) is 4.79 Å². The number of hydrogen-bond donors (Lipinski definition) is 2. The molecule has 0 aliphatic carbocycles. The summed E-state index contributed by atoms with van der Waals surface area (Å²) in [5, 5.41) is 0. The first kappa shape index (κ1) is 9.67. The molecule has 2 rings (SSSR count). The molecule has 0 atom stereocenters. The third-order valence-corrected chi connectivity index (χ3v) is 1.95. The molecule has 0 amide bonds. The first-order valence-electron chi connectivity index (χ1n) is 3.63. The summed E-state index contributed by atoms with van der Waals surface area (Å²) in [4.78, 5) is 13.8. The predicted molar refractivity (Wildman–Crippen MR) is 55.2 cm³/mol. The Kier molecular flexibility index (Phi) is 2.34. The van der Waals surface area contributed by atoms with Gasteiger partial charge in [0, 0.05) is 7.05 Å². The van der Waals surface area contributed by atoms with Crippen molar-refractivity contribution in [3.8, 4) is 0 Å². The fourth-order valence-electron chi connectivity index (χ4n) is 1.34. The minimum atomic E-state index is -0.136. The lowest BCUT2D eigenvalue weighted by Gasteiger charge is -1.96. The lowest BCUT2D eigenvalue weighted by molar-refractivity contribution is 0.892. The molecule has 0 saturated heterocycles. The number of halogens is 1. The van der Waals surface area contributed by atoms with E-state index in [-0.39, 0.29) is 18.1 Å². The third kappa shape index (κ3) is 1.29. The number of hydrogen-bond acceptors (Lipinski definition) is 2. The number of nitrogens with zero attached hydrogens (tertiary/aromatic N) is 1. The molecule has 0 spiro atoms. The zero-order chi connectivity index (χ0) is 8.72. The third-order valence-electron chi connectivity index (χ3n) is 1.95. The molecular formula is C8H10ClN3O. The van der Waals surface area contributed by atoms with E-state index in [0.29, 0.717) is 5.69 Å². The lowest BCUT2D eigenvalue weighted by Crippen LogP contribution is -2.12. The zero-order valence-electron chi connectivity index (χ0n) is 7.07. The molecule has 3 N–H and O–H groups in total. The molecule has 0 bridgehead atoms. The Labute approximate surface area is 80.8 Å². The van der Waals surface area contributed by atoms with Crippen molar-refractivity contribution >= 4 is 29.1 Å². The van der Waals surface area contributed by atoms with Gasteiger partial charge in [0.1, 0.15) is 0 Å². The summed E-state index contributed by atoms with van der Waals surface area (Å²) in [5.74, 6) is 0. The van der Waals surface area contributed by atoms with Crippen LogP contribution in [0, 0.1) is 0 Å². The van der Waals surface area contributed by atoms with Gasteiger partial charge in [-0.25, -0.2) is 4.79 Å². The number of fused-ring (bicyclic) bond motifs is 1. The maximum atomic E-state index is 11.1. The number of aryl methyl sites for hydroxylation is 1. The quantitative estimate of drug-likeness (QED) is 0.619. The number of aromatic nitrogens is 2. The van der Waals surface area contributed by atoms with Gasteiger partial charge < -0.3 is 10.7 Å². The second-order valence-corrected chi connectivity index (χ2v) is 2.73. The summed E-state index contributed by atoms with van der Waals surface area (Å²) < 4.78 is 1.50. The summed E-state index contributed by atoms with van der Waals surface area (Å²) in [5.41, 5.74) is 7.72. The van der Waals surface area contributed by atoms with E-state index in [2.05, 4.69) is 4.98 Å². The highest BCUT2D eigenvalue weighted by molar-refractivity contribution is 5.87. The molecule has 1 aromatic carbocycles. The highest BCUT2D eigenvalue weighted by atomic mass is 35.5. The van der Waals surface area contributed by atoms with Gasteiger partial charge in [-0.05, 0) is 12.1 Å². The molecule has 5 heteroatoms. The Morgan fingerprint density at radius 1 is 1.46 bits per heavy atom. The highest BCUT2D eigenvalue weighted by Crippen LogP contribution is 2.15. The number of para-hydroxylation sites is 1. The van der Waals surface area contributed by atoms with Gasteiger partial charge in [-0.2, -0.15) is 0 Å². The average Bonchev–Trinajstić information content (AvgIpc) is 2.29. The SMILES string of the molecule is Cl.Cn1c(=O)[nH]c2cccc(N)c21. The number of benzene rings is 1. The number of nitrogens with two attached hydrogens (primary N) is 1. The van der Waals surface area contributed by atoms with Crippen LogP contribution >= 0.6 is 12.4 Å². The molecule has 4 nitrogen and oxygen atoms in total. The van der Waals surface area contributed by atoms with E-state index in [0.717, 1.165) is 11.0 Å². The summed E-state index contributed by atoms with van der Waals surface area (Å²) >= 11 is 0. The number of aromatic amines is 1. The van der Waals surface area contributed by atoms with Crippen LogP contribution in [0.2, 0.25) is 0 Å². The van der Waals surface area contributed by atoms with Crippen molar-refractivity contribution in [3.05, 3.63) is 28.7 Å². The van der Waals surface area contributed by atoms with Crippen LogP contribution in [0.3, 0.4) is 0 Å². The van der Waals surface area contributed by atoms with Crippen LogP contribution < -0.4 is 11.4 Å². The summed E-state index contributed by atoms with van der Waals surface area (Å²) in [6.45, 7) is 0. The van der Waals surface area contributed by atoms with Crippen LogP contribution in [0.1, 0.15) is 0 Å². The fraction of sp³-hybridized carbons (Fsp3) is 0.125. The summed E-state index contributed by atoms with van der Waals surface area (Å²) in [7, 11) is 1.69. The van der Waals surface area contributed by atoms with Crippen LogP contribution in [0.25, 0.3) is 11.0 Å². The Hall–Kier alpha value is -1.42. The zero-order valence-corrected chi connectivity index (χ0v) is 7.89. The van der Waals surface area contributed by atoms with Crippen molar-refractivity contribution < 1.29 is 0 Å². The minimum absolute atomic E-state index is 0. The first-order chi connectivity index (χ1) is 5.70. The van der Waals surface area contributed by atoms with Crippen molar-refractivity contribution in [2.24, 2.45) is 7.05 Å². The van der Waals surface area contributed by atoms with E-state index in [1.165, 1.54) is 4.57 Å². The smallest absolute Gasteiger partial charge is 0.326 e. The first-order valence-corrected chi connectivity index (χ1v) is 3.63. The lowest BCUT2D eigenvalue weighted by atomic mass is 10.3. The van der Waals surface area contributed by atoms with Gasteiger partial charge in [0.2, 0.25) is 0 Å². The maximum Gasteiger partial charge on any atom is 0.326 e. The average molecular weight is 200 g/mol. The number of anilines is 1. The van der Waals surface area contributed by atoms with Crippen LogP contribution in [0.15, 0.2) is 23.0 Å². The number of nitrogens with one attached hydrogen (secondary N) is 1. The Morgan fingerprint density at radius 2 is 2.15 bits per heavy atom. The Bertz CT molecular complexity index is 486. The predicted octanol–water partition coefficient (Wildman–Crippen LogP) is 0.871. The number of rotatable bonds is 0.